The lowest BCUT2D eigenvalue weighted by atomic mass is 10.1. The number of hydrogen-bond acceptors (Lipinski definition) is 2. The summed E-state index contributed by atoms with van der Waals surface area (Å²) in [7, 11) is 0. The number of nitrogens with zero attached hydrogens (tertiary/aromatic N) is 2. The van der Waals surface area contributed by atoms with Gasteiger partial charge in [-0.25, -0.2) is 4.98 Å². The number of aryl methyl sites for hydroxylation is 1. The fourth-order valence-electron chi connectivity index (χ4n) is 2.56. The molecule has 90 valence electrons. The van der Waals surface area contributed by atoms with Crippen molar-refractivity contribution in [3.05, 3.63) is 18.2 Å². The van der Waals surface area contributed by atoms with E-state index < -0.39 is 0 Å². The minimum absolute atomic E-state index is 0.618. The van der Waals surface area contributed by atoms with E-state index >= 15 is 0 Å². The van der Waals surface area contributed by atoms with Gasteiger partial charge >= 0.3 is 0 Å². The normalized spacial score (nSPS) is 25.7. The molecule has 0 aliphatic heterocycles. The van der Waals surface area contributed by atoms with Crippen molar-refractivity contribution in [3.63, 3.8) is 0 Å². The zero-order valence-corrected chi connectivity index (χ0v) is 10.6. The molecule has 1 saturated carbocycles. The molecule has 0 bridgehead atoms. The van der Waals surface area contributed by atoms with Crippen molar-refractivity contribution in [2.75, 3.05) is 6.54 Å². The van der Waals surface area contributed by atoms with Crippen molar-refractivity contribution in [1.82, 2.24) is 14.9 Å². The summed E-state index contributed by atoms with van der Waals surface area (Å²) in [5, 5.41) is 3.61. The van der Waals surface area contributed by atoms with Crippen LogP contribution in [0.1, 0.15) is 33.0 Å². The van der Waals surface area contributed by atoms with Gasteiger partial charge in [-0.15, -0.1) is 0 Å². The summed E-state index contributed by atoms with van der Waals surface area (Å²) >= 11 is 0. The third kappa shape index (κ3) is 2.46. The highest BCUT2D eigenvalue weighted by molar-refractivity contribution is 5.01. The Balaban J connectivity index is 1.99. The van der Waals surface area contributed by atoms with Gasteiger partial charge in [-0.05, 0) is 31.7 Å². The molecule has 3 nitrogen and oxygen atoms in total. The van der Waals surface area contributed by atoms with Crippen LogP contribution in [-0.4, -0.2) is 22.1 Å². The summed E-state index contributed by atoms with van der Waals surface area (Å²) in [6, 6.07) is 0.618. The van der Waals surface area contributed by atoms with Crippen LogP contribution in [0.5, 0.6) is 0 Å². The van der Waals surface area contributed by atoms with Crippen molar-refractivity contribution in [1.29, 1.82) is 0 Å². The van der Waals surface area contributed by atoms with Crippen LogP contribution < -0.4 is 5.32 Å². The Morgan fingerprint density at radius 2 is 2.31 bits per heavy atom. The summed E-state index contributed by atoms with van der Waals surface area (Å²) in [5.74, 6) is 2.99. The summed E-state index contributed by atoms with van der Waals surface area (Å²) in [4.78, 5) is 4.47. The minimum Gasteiger partial charge on any atom is -0.335 e. The monoisotopic (exact) mass is 221 g/mol. The molecular weight excluding hydrogens is 198 g/mol. The maximum atomic E-state index is 4.47. The summed E-state index contributed by atoms with van der Waals surface area (Å²) in [6.45, 7) is 8.79. The van der Waals surface area contributed by atoms with Gasteiger partial charge in [-0.3, -0.25) is 0 Å². The molecule has 1 heterocycles. The van der Waals surface area contributed by atoms with Crippen molar-refractivity contribution in [2.45, 2.75) is 46.2 Å². The molecule has 0 saturated heterocycles. The van der Waals surface area contributed by atoms with Crippen LogP contribution in [0.4, 0.5) is 0 Å². The largest absolute Gasteiger partial charge is 0.335 e. The van der Waals surface area contributed by atoms with Crippen molar-refractivity contribution >= 4 is 0 Å². The Morgan fingerprint density at radius 3 is 2.88 bits per heavy atom. The van der Waals surface area contributed by atoms with Crippen LogP contribution in [0.2, 0.25) is 0 Å². The Hall–Kier alpha value is -0.830. The van der Waals surface area contributed by atoms with Crippen LogP contribution in [0.25, 0.3) is 0 Å². The lowest BCUT2D eigenvalue weighted by molar-refractivity contribution is 0.439. The zero-order chi connectivity index (χ0) is 11.5. The van der Waals surface area contributed by atoms with Crippen LogP contribution >= 0.6 is 0 Å². The Kier molecular flexibility index (Phi) is 3.64. The van der Waals surface area contributed by atoms with Gasteiger partial charge in [0.15, 0.2) is 0 Å². The highest BCUT2D eigenvalue weighted by atomic mass is 15.1. The molecule has 1 fully saturated rings. The standard InChI is InChI=1S/C13H23N3/c1-4-14-12(11-8-10(11)3)9-13-15-6-7-16(13)5-2/h6-7,10-12,14H,4-5,8-9H2,1-3H3. The van der Waals surface area contributed by atoms with Gasteiger partial charge in [0.1, 0.15) is 5.82 Å². The van der Waals surface area contributed by atoms with E-state index in [0.717, 1.165) is 31.3 Å². The average Bonchev–Trinajstić information content (AvgIpc) is 2.83. The number of aromatic nitrogens is 2. The summed E-state index contributed by atoms with van der Waals surface area (Å²) < 4.78 is 2.25. The number of imidazole rings is 1. The first-order chi connectivity index (χ1) is 7.76. The highest BCUT2D eigenvalue weighted by Crippen LogP contribution is 2.41. The van der Waals surface area contributed by atoms with Crippen LogP contribution in [0.15, 0.2) is 12.4 Å². The van der Waals surface area contributed by atoms with Crippen molar-refractivity contribution in [3.8, 4) is 0 Å². The quantitative estimate of drug-likeness (QED) is 0.797. The van der Waals surface area contributed by atoms with E-state index in [1.807, 2.05) is 6.20 Å². The molecule has 2 rings (SSSR count). The minimum atomic E-state index is 0.618. The van der Waals surface area contributed by atoms with E-state index in [2.05, 4.69) is 41.8 Å². The van der Waals surface area contributed by atoms with Crippen LogP contribution in [-0.2, 0) is 13.0 Å². The Bertz CT molecular complexity index is 332. The molecule has 0 spiro atoms. The van der Waals surface area contributed by atoms with Gasteiger partial charge in [0.25, 0.3) is 0 Å². The second-order valence-electron chi connectivity index (χ2n) is 4.87. The van der Waals surface area contributed by atoms with Crippen molar-refractivity contribution < 1.29 is 0 Å². The first-order valence-corrected chi connectivity index (χ1v) is 6.49. The van der Waals surface area contributed by atoms with E-state index in [1.54, 1.807) is 0 Å². The Labute approximate surface area is 98.3 Å². The summed E-state index contributed by atoms with van der Waals surface area (Å²) in [5.41, 5.74) is 0. The molecule has 1 N–H and O–H groups in total. The number of rotatable bonds is 6. The third-order valence-electron chi connectivity index (χ3n) is 3.70. The van der Waals surface area contributed by atoms with Crippen molar-refractivity contribution in [2.24, 2.45) is 11.8 Å². The van der Waals surface area contributed by atoms with E-state index in [0.29, 0.717) is 6.04 Å². The molecule has 3 unspecified atom stereocenters. The second kappa shape index (κ2) is 5.00. The fraction of sp³-hybridized carbons (Fsp3) is 0.769. The predicted octanol–water partition coefficient (Wildman–Crippen LogP) is 2.08. The SMILES string of the molecule is CCNC(Cc1nccn1CC)C1CC1C. The molecule has 0 aromatic carbocycles. The Morgan fingerprint density at radius 1 is 1.56 bits per heavy atom. The molecule has 0 amide bonds. The van der Waals surface area contributed by atoms with E-state index in [1.165, 1.54) is 12.2 Å². The maximum Gasteiger partial charge on any atom is 0.110 e. The van der Waals surface area contributed by atoms with Gasteiger partial charge < -0.3 is 9.88 Å². The molecule has 16 heavy (non-hydrogen) atoms. The molecule has 1 aromatic rings. The molecule has 1 aliphatic rings. The second-order valence-corrected chi connectivity index (χ2v) is 4.87. The van der Waals surface area contributed by atoms with Gasteiger partial charge in [0.05, 0.1) is 0 Å². The number of nitrogens with one attached hydrogen (secondary N) is 1. The van der Waals surface area contributed by atoms with Gasteiger partial charge in [0, 0.05) is 31.4 Å². The highest BCUT2D eigenvalue weighted by Gasteiger charge is 2.39. The van der Waals surface area contributed by atoms with Gasteiger partial charge in [-0.1, -0.05) is 13.8 Å². The van der Waals surface area contributed by atoms with Gasteiger partial charge in [0.2, 0.25) is 0 Å². The third-order valence-corrected chi connectivity index (χ3v) is 3.70. The zero-order valence-electron chi connectivity index (χ0n) is 10.6. The first-order valence-electron chi connectivity index (χ1n) is 6.49. The molecular formula is C13H23N3. The van der Waals surface area contributed by atoms with Crippen LogP contribution in [0.3, 0.4) is 0 Å². The molecule has 1 aliphatic carbocycles. The lowest BCUT2D eigenvalue weighted by Crippen LogP contribution is -2.34. The van der Waals surface area contributed by atoms with E-state index in [-0.39, 0.29) is 0 Å². The lowest BCUT2D eigenvalue weighted by Gasteiger charge is -2.18. The molecule has 3 heteroatoms. The predicted molar refractivity (Wildman–Crippen MR) is 66.3 cm³/mol. The average molecular weight is 221 g/mol. The maximum absolute atomic E-state index is 4.47. The fourth-order valence-corrected chi connectivity index (χ4v) is 2.56. The molecule has 0 radical (unpaired) electrons. The number of hydrogen-bond donors (Lipinski definition) is 1. The van der Waals surface area contributed by atoms with E-state index in [4.69, 9.17) is 0 Å². The van der Waals surface area contributed by atoms with Gasteiger partial charge in [-0.2, -0.15) is 0 Å². The first kappa shape index (κ1) is 11.6. The summed E-state index contributed by atoms with van der Waals surface area (Å²) in [6.07, 6.45) is 6.45. The van der Waals surface area contributed by atoms with Crippen LogP contribution in [0, 0.1) is 11.8 Å². The molecule has 3 atom stereocenters. The topological polar surface area (TPSA) is 29.9 Å². The molecule has 1 aromatic heterocycles. The van der Waals surface area contributed by atoms with E-state index in [9.17, 15) is 0 Å². The number of likely N-dealkylation sites (N-methyl/N-ethyl adjacent to an activating group) is 1. The smallest absolute Gasteiger partial charge is 0.110 e.